The van der Waals surface area contributed by atoms with E-state index in [1.807, 2.05) is 24.4 Å². The molecule has 6 heteroatoms. The molecule has 1 saturated heterocycles. The van der Waals surface area contributed by atoms with Crippen molar-refractivity contribution in [3.05, 3.63) is 80.9 Å². The third-order valence-electron chi connectivity index (χ3n) is 5.34. The zero-order chi connectivity index (χ0) is 22.3. The van der Waals surface area contributed by atoms with E-state index in [1.165, 1.54) is 11.3 Å². The van der Waals surface area contributed by atoms with Crippen LogP contribution in [-0.2, 0) is 11.3 Å². The smallest absolute Gasteiger partial charge is 0.174 e. The van der Waals surface area contributed by atoms with Gasteiger partial charge in [0, 0.05) is 25.0 Å². The Morgan fingerprint density at radius 2 is 1.75 bits per heavy atom. The molecular formula is C26H27IN2O3. The van der Waals surface area contributed by atoms with Crippen molar-refractivity contribution in [1.29, 1.82) is 0 Å². The van der Waals surface area contributed by atoms with Gasteiger partial charge in [-0.05, 0) is 77.0 Å². The highest BCUT2D eigenvalue weighted by Gasteiger charge is 2.12. The van der Waals surface area contributed by atoms with E-state index in [0.717, 1.165) is 52.4 Å². The van der Waals surface area contributed by atoms with E-state index in [1.54, 1.807) is 7.11 Å². The van der Waals surface area contributed by atoms with Crippen molar-refractivity contribution in [2.24, 2.45) is 4.99 Å². The van der Waals surface area contributed by atoms with Crippen LogP contribution in [0.3, 0.4) is 0 Å². The first-order valence-electron chi connectivity index (χ1n) is 10.6. The van der Waals surface area contributed by atoms with Gasteiger partial charge in [0.25, 0.3) is 0 Å². The molecule has 5 nitrogen and oxygen atoms in total. The van der Waals surface area contributed by atoms with Gasteiger partial charge in [-0.25, -0.2) is 0 Å². The molecule has 0 atom stereocenters. The molecule has 1 fully saturated rings. The molecule has 4 rings (SSSR count). The largest absolute Gasteiger partial charge is 0.493 e. The van der Waals surface area contributed by atoms with Crippen molar-refractivity contribution in [3.8, 4) is 11.5 Å². The second-order valence-electron chi connectivity index (χ2n) is 7.68. The molecule has 0 N–H and O–H groups in total. The molecule has 166 valence electrons. The van der Waals surface area contributed by atoms with Crippen LogP contribution in [0.15, 0.2) is 65.7 Å². The van der Waals surface area contributed by atoms with E-state index >= 15 is 0 Å². The Labute approximate surface area is 203 Å². The predicted molar refractivity (Wildman–Crippen MR) is 138 cm³/mol. The minimum atomic E-state index is 0.496. The van der Waals surface area contributed by atoms with Gasteiger partial charge in [0.15, 0.2) is 11.5 Å². The lowest BCUT2D eigenvalue weighted by molar-refractivity contribution is 0.122. The second kappa shape index (κ2) is 10.8. The Morgan fingerprint density at radius 3 is 2.44 bits per heavy atom. The van der Waals surface area contributed by atoms with Crippen LogP contribution in [0, 0.1) is 10.5 Å². The van der Waals surface area contributed by atoms with Crippen molar-refractivity contribution in [2.75, 3.05) is 38.3 Å². The highest BCUT2D eigenvalue weighted by Crippen LogP contribution is 2.34. The van der Waals surface area contributed by atoms with E-state index in [4.69, 9.17) is 14.2 Å². The van der Waals surface area contributed by atoms with Crippen LogP contribution >= 0.6 is 22.6 Å². The van der Waals surface area contributed by atoms with E-state index in [0.29, 0.717) is 12.4 Å². The van der Waals surface area contributed by atoms with E-state index in [2.05, 4.69) is 81.9 Å². The fourth-order valence-electron chi connectivity index (χ4n) is 3.51. The van der Waals surface area contributed by atoms with Gasteiger partial charge >= 0.3 is 0 Å². The van der Waals surface area contributed by atoms with Crippen molar-refractivity contribution >= 4 is 40.2 Å². The quantitative estimate of drug-likeness (QED) is 0.281. The number of benzene rings is 3. The number of hydrogen-bond donors (Lipinski definition) is 0. The number of aryl methyl sites for hydroxylation is 1. The van der Waals surface area contributed by atoms with E-state index in [-0.39, 0.29) is 0 Å². The number of halogens is 1. The van der Waals surface area contributed by atoms with Crippen LogP contribution in [0.5, 0.6) is 11.5 Å². The fraction of sp³-hybridized carbons (Fsp3) is 0.269. The van der Waals surface area contributed by atoms with E-state index in [9.17, 15) is 0 Å². The van der Waals surface area contributed by atoms with E-state index < -0.39 is 0 Å². The summed E-state index contributed by atoms with van der Waals surface area (Å²) >= 11 is 2.28. The van der Waals surface area contributed by atoms with Crippen molar-refractivity contribution in [2.45, 2.75) is 13.5 Å². The number of anilines is 1. The maximum absolute atomic E-state index is 6.08. The lowest BCUT2D eigenvalue weighted by Crippen LogP contribution is -2.36. The summed E-state index contributed by atoms with van der Waals surface area (Å²) in [5.41, 5.74) is 5.44. The lowest BCUT2D eigenvalue weighted by Gasteiger charge is -2.28. The molecule has 0 bridgehead atoms. The van der Waals surface area contributed by atoms with Crippen LogP contribution in [0.1, 0.15) is 16.7 Å². The number of nitrogens with zero attached hydrogens (tertiary/aromatic N) is 2. The number of methoxy groups -OCH3 is 1. The monoisotopic (exact) mass is 542 g/mol. The summed E-state index contributed by atoms with van der Waals surface area (Å²) in [6.07, 6.45) is 1.86. The summed E-state index contributed by atoms with van der Waals surface area (Å²) in [6.45, 7) is 6.00. The standard InChI is InChI=1S/C26H27IN2O3/c1-19-3-5-20(6-4-19)18-32-26-24(27)15-21(16-25(26)30-2)17-28-22-7-9-23(10-8-22)29-11-13-31-14-12-29/h3-10,15-17H,11-14,18H2,1-2H3. The minimum Gasteiger partial charge on any atom is -0.493 e. The molecule has 1 heterocycles. The van der Waals surface area contributed by atoms with Gasteiger partial charge in [-0.1, -0.05) is 29.8 Å². The van der Waals surface area contributed by atoms with Gasteiger partial charge in [0.1, 0.15) is 6.61 Å². The lowest BCUT2D eigenvalue weighted by atomic mass is 10.1. The zero-order valence-corrected chi connectivity index (χ0v) is 20.5. The van der Waals surface area contributed by atoms with Crippen molar-refractivity contribution in [1.82, 2.24) is 0 Å². The second-order valence-corrected chi connectivity index (χ2v) is 8.84. The number of rotatable bonds is 7. The molecule has 0 aromatic heterocycles. The Balaban J connectivity index is 1.44. The van der Waals surface area contributed by atoms with Crippen LogP contribution < -0.4 is 14.4 Å². The number of ether oxygens (including phenoxy) is 3. The predicted octanol–water partition coefficient (Wildman–Crippen LogP) is 5.77. The Morgan fingerprint density at radius 1 is 1.03 bits per heavy atom. The molecule has 1 aliphatic heterocycles. The average molecular weight is 542 g/mol. The van der Waals surface area contributed by atoms with Crippen molar-refractivity contribution in [3.63, 3.8) is 0 Å². The molecule has 1 aliphatic rings. The number of aliphatic imine (C=N–C) groups is 1. The molecular weight excluding hydrogens is 515 g/mol. The molecule has 3 aromatic carbocycles. The first kappa shape index (κ1) is 22.6. The first-order chi connectivity index (χ1) is 15.6. The molecule has 0 spiro atoms. The Hall–Kier alpha value is -2.58. The summed E-state index contributed by atoms with van der Waals surface area (Å²) in [4.78, 5) is 6.98. The molecule has 0 radical (unpaired) electrons. The Bertz CT molecular complexity index is 1060. The summed E-state index contributed by atoms with van der Waals surface area (Å²) in [6, 6.07) is 20.7. The summed E-state index contributed by atoms with van der Waals surface area (Å²) in [5.74, 6) is 1.45. The summed E-state index contributed by atoms with van der Waals surface area (Å²) < 4.78 is 18.1. The van der Waals surface area contributed by atoms with Gasteiger partial charge in [0.05, 0.1) is 29.6 Å². The summed E-state index contributed by atoms with van der Waals surface area (Å²) in [5, 5.41) is 0. The van der Waals surface area contributed by atoms with Crippen molar-refractivity contribution < 1.29 is 14.2 Å². The van der Waals surface area contributed by atoms with Crippen LogP contribution in [-0.4, -0.2) is 39.6 Å². The fourth-order valence-corrected chi connectivity index (χ4v) is 4.30. The number of hydrogen-bond acceptors (Lipinski definition) is 5. The highest BCUT2D eigenvalue weighted by molar-refractivity contribution is 14.1. The Kier molecular flexibility index (Phi) is 7.65. The normalized spacial score (nSPS) is 14.0. The molecule has 0 unspecified atom stereocenters. The molecule has 3 aromatic rings. The van der Waals surface area contributed by atoms with Gasteiger partial charge in [-0.3, -0.25) is 4.99 Å². The van der Waals surface area contributed by atoms with Gasteiger partial charge < -0.3 is 19.1 Å². The summed E-state index contributed by atoms with van der Waals surface area (Å²) in [7, 11) is 1.66. The van der Waals surface area contributed by atoms with Gasteiger partial charge in [-0.2, -0.15) is 0 Å². The molecule has 0 saturated carbocycles. The zero-order valence-electron chi connectivity index (χ0n) is 18.4. The maximum Gasteiger partial charge on any atom is 0.174 e. The average Bonchev–Trinajstić information content (AvgIpc) is 2.83. The van der Waals surface area contributed by atoms with Gasteiger partial charge in [0.2, 0.25) is 0 Å². The van der Waals surface area contributed by atoms with Crippen LogP contribution in [0.25, 0.3) is 0 Å². The molecule has 0 amide bonds. The third kappa shape index (κ3) is 5.81. The molecule has 32 heavy (non-hydrogen) atoms. The highest BCUT2D eigenvalue weighted by atomic mass is 127. The first-order valence-corrected chi connectivity index (χ1v) is 11.7. The number of morpholine rings is 1. The minimum absolute atomic E-state index is 0.496. The van der Waals surface area contributed by atoms with Crippen LogP contribution in [0.4, 0.5) is 11.4 Å². The third-order valence-corrected chi connectivity index (χ3v) is 6.15. The molecule has 0 aliphatic carbocycles. The topological polar surface area (TPSA) is 43.3 Å². The van der Waals surface area contributed by atoms with Gasteiger partial charge in [-0.15, -0.1) is 0 Å². The maximum atomic E-state index is 6.08. The van der Waals surface area contributed by atoms with Crippen LogP contribution in [0.2, 0.25) is 0 Å². The SMILES string of the molecule is COc1cc(C=Nc2ccc(N3CCOCC3)cc2)cc(I)c1OCc1ccc(C)cc1.